The number of rotatable bonds is 8. The Balaban J connectivity index is 1.32. The number of nitrogens with one attached hydrogen (secondary N) is 1. The monoisotopic (exact) mass is 658 g/mol. The Hall–Kier alpha value is -5.21. The van der Waals surface area contributed by atoms with Crippen LogP contribution in [0.1, 0.15) is 45.7 Å². The van der Waals surface area contributed by atoms with Gasteiger partial charge in [0, 0.05) is 27.9 Å². The molecule has 6 aromatic rings. The van der Waals surface area contributed by atoms with E-state index in [0.29, 0.717) is 31.0 Å². The number of fused-ring (bicyclic) bond motifs is 2. The van der Waals surface area contributed by atoms with Gasteiger partial charge in [-0.2, -0.15) is 0 Å². The topological polar surface area (TPSA) is 86.2 Å². The minimum atomic E-state index is -0.826. The Morgan fingerprint density at radius 3 is 2.37 bits per heavy atom. The van der Waals surface area contributed by atoms with Gasteiger partial charge in [-0.25, -0.2) is 4.79 Å². The van der Waals surface area contributed by atoms with Gasteiger partial charge in [-0.3, -0.25) is 4.90 Å². The highest BCUT2D eigenvalue weighted by Crippen LogP contribution is 2.45. The minimum absolute atomic E-state index is 0.259. The Morgan fingerprint density at radius 2 is 1.63 bits per heavy atom. The summed E-state index contributed by atoms with van der Waals surface area (Å²) in [4.78, 5) is 19.1. The number of hydrogen-bond donors (Lipinski definition) is 1. The highest BCUT2D eigenvalue weighted by Gasteiger charge is 2.46. The van der Waals surface area contributed by atoms with E-state index in [1.54, 1.807) is 12.0 Å². The lowest BCUT2D eigenvalue weighted by Gasteiger charge is -2.35. The number of nitrogens with zero attached hydrogens (tertiary/aromatic N) is 1. The lowest BCUT2D eigenvalue weighted by atomic mass is 9.95. The molecule has 8 heteroatoms. The molecule has 1 amide bonds. The minimum Gasteiger partial charge on any atom is -0.497 e. The summed E-state index contributed by atoms with van der Waals surface area (Å²) in [5.74, 6) is 2.20. The molecule has 49 heavy (non-hydrogen) atoms. The van der Waals surface area contributed by atoms with Crippen molar-refractivity contribution in [1.82, 2.24) is 9.88 Å². The molecule has 1 aliphatic heterocycles. The first-order chi connectivity index (χ1) is 23.5. The van der Waals surface area contributed by atoms with Crippen LogP contribution in [0, 0.1) is 0 Å². The average molecular weight is 659 g/mol. The number of methoxy groups -OCH3 is 1. The molecule has 0 bridgehead atoms. The third-order valence-electron chi connectivity index (χ3n) is 8.93. The molecule has 1 aliphatic rings. The number of aromatic amines is 1. The van der Waals surface area contributed by atoms with E-state index in [2.05, 4.69) is 17.1 Å². The average Bonchev–Trinajstić information content (AvgIpc) is 3.73. The van der Waals surface area contributed by atoms with Gasteiger partial charge in [0.1, 0.15) is 40.8 Å². The molecular formula is C41H42N2O6. The van der Waals surface area contributed by atoms with Gasteiger partial charge < -0.3 is 28.3 Å². The number of furan rings is 1. The van der Waals surface area contributed by atoms with E-state index < -0.39 is 17.4 Å². The quantitative estimate of drug-likeness (QED) is 0.175. The predicted octanol–water partition coefficient (Wildman–Crippen LogP) is 9.75. The molecule has 3 heterocycles. The van der Waals surface area contributed by atoms with Gasteiger partial charge in [-0.15, -0.1) is 0 Å². The predicted molar refractivity (Wildman–Crippen MR) is 192 cm³/mol. The maximum absolute atomic E-state index is 13.6. The van der Waals surface area contributed by atoms with Crippen LogP contribution in [0.5, 0.6) is 11.5 Å². The summed E-state index contributed by atoms with van der Waals surface area (Å²) in [6.45, 7) is 10.3. The Bertz CT molecular complexity index is 2100. The van der Waals surface area contributed by atoms with Gasteiger partial charge in [0.2, 0.25) is 0 Å². The first-order valence-electron chi connectivity index (χ1n) is 16.6. The molecule has 0 radical (unpaired) electrons. The van der Waals surface area contributed by atoms with Crippen LogP contribution in [0.15, 0.2) is 101 Å². The fourth-order valence-electron chi connectivity index (χ4n) is 6.67. The largest absolute Gasteiger partial charge is 0.497 e. The van der Waals surface area contributed by atoms with Crippen molar-refractivity contribution >= 4 is 28.0 Å². The molecule has 1 N–H and O–H groups in total. The highest BCUT2D eigenvalue weighted by atomic mass is 16.6. The Labute approximate surface area is 286 Å². The van der Waals surface area contributed by atoms with Crippen LogP contribution in [-0.4, -0.2) is 47.1 Å². The molecule has 252 valence electrons. The molecule has 1 atom stereocenters. The zero-order valence-electron chi connectivity index (χ0n) is 28.8. The van der Waals surface area contributed by atoms with Gasteiger partial charge in [0.15, 0.2) is 0 Å². The number of aromatic nitrogens is 1. The third kappa shape index (κ3) is 6.48. The van der Waals surface area contributed by atoms with Crippen LogP contribution < -0.4 is 9.47 Å². The van der Waals surface area contributed by atoms with Crippen LogP contribution in [0.3, 0.4) is 0 Å². The summed E-state index contributed by atoms with van der Waals surface area (Å²) >= 11 is 0. The van der Waals surface area contributed by atoms with Crippen molar-refractivity contribution in [2.45, 2.75) is 65.0 Å². The van der Waals surface area contributed by atoms with Crippen molar-refractivity contribution in [2.24, 2.45) is 0 Å². The molecule has 0 aliphatic carbocycles. The van der Waals surface area contributed by atoms with Gasteiger partial charge in [0.05, 0.1) is 31.0 Å². The number of amides is 1. The maximum Gasteiger partial charge on any atom is 0.412 e. The number of para-hydroxylation sites is 1. The van der Waals surface area contributed by atoms with Crippen molar-refractivity contribution in [3.05, 3.63) is 108 Å². The first kappa shape index (κ1) is 32.3. The summed E-state index contributed by atoms with van der Waals surface area (Å²) < 4.78 is 30.4. The van der Waals surface area contributed by atoms with Crippen molar-refractivity contribution < 1.29 is 28.2 Å². The maximum atomic E-state index is 13.6. The number of H-pyrrole nitrogens is 1. The molecular weight excluding hydrogens is 616 g/mol. The Kier molecular flexibility index (Phi) is 8.36. The van der Waals surface area contributed by atoms with Crippen molar-refractivity contribution in [3.63, 3.8) is 0 Å². The van der Waals surface area contributed by atoms with Crippen LogP contribution in [0.25, 0.3) is 44.5 Å². The summed E-state index contributed by atoms with van der Waals surface area (Å²) in [6, 6.07) is 32.0. The van der Waals surface area contributed by atoms with E-state index in [9.17, 15) is 4.79 Å². The number of benzene rings is 4. The van der Waals surface area contributed by atoms with Crippen LogP contribution in [-0.2, 0) is 22.5 Å². The summed E-state index contributed by atoms with van der Waals surface area (Å²) in [5, 5.41) is 2.02. The number of carbonyl (C=O) groups excluding carboxylic acids is 1. The van der Waals surface area contributed by atoms with Crippen molar-refractivity contribution in [2.75, 3.05) is 13.7 Å². The molecule has 0 spiro atoms. The lowest BCUT2D eigenvalue weighted by Crippen LogP contribution is -2.50. The fraction of sp³-hybridized carbons (Fsp3) is 0.293. The van der Waals surface area contributed by atoms with Gasteiger partial charge in [-0.1, -0.05) is 48.5 Å². The summed E-state index contributed by atoms with van der Waals surface area (Å²) in [7, 11) is 1.65. The van der Waals surface area contributed by atoms with E-state index in [4.69, 9.17) is 23.4 Å². The Morgan fingerprint density at radius 1 is 0.918 bits per heavy atom. The number of hydrogen-bond acceptors (Lipinski definition) is 6. The second-order valence-corrected chi connectivity index (χ2v) is 14.0. The van der Waals surface area contributed by atoms with E-state index in [1.807, 2.05) is 120 Å². The normalized spacial score (nSPS) is 16.0. The van der Waals surface area contributed by atoms with Crippen LogP contribution in [0.2, 0.25) is 0 Å². The van der Waals surface area contributed by atoms with E-state index in [-0.39, 0.29) is 6.04 Å². The highest BCUT2D eigenvalue weighted by molar-refractivity contribution is 6.05. The number of ether oxygens (including phenoxy) is 4. The van der Waals surface area contributed by atoms with E-state index in [1.165, 1.54) is 0 Å². The smallest absolute Gasteiger partial charge is 0.412 e. The molecule has 2 aromatic heterocycles. The third-order valence-corrected chi connectivity index (χ3v) is 8.93. The van der Waals surface area contributed by atoms with Crippen LogP contribution in [0.4, 0.5) is 4.79 Å². The second-order valence-electron chi connectivity index (χ2n) is 14.0. The number of carbonyl (C=O) groups is 1. The van der Waals surface area contributed by atoms with E-state index in [0.717, 1.165) is 55.7 Å². The molecule has 1 fully saturated rings. The summed E-state index contributed by atoms with van der Waals surface area (Å²) in [6.07, 6.45) is 0.147. The molecule has 7 rings (SSSR count). The SMILES string of the molecule is COc1ccc2c(-c3[nH]c4ccccc4c3C[C@@H]3COC(C)(C)N3C(=O)OC(C)(C)C)c(-c3ccc(OCc4ccccc4)cc3)oc2c1. The fourth-order valence-corrected chi connectivity index (χ4v) is 6.67. The van der Waals surface area contributed by atoms with E-state index >= 15 is 0 Å². The zero-order valence-corrected chi connectivity index (χ0v) is 28.8. The standard InChI is InChI=1S/C41H42N2O6/c1-40(2,3)49-39(44)43-28(25-47-41(43,4)5)22-33-31-14-10-11-15-34(31)42-37(33)36-32-21-20-30(45-6)23-35(32)48-38(36)27-16-18-29(19-17-27)46-24-26-12-8-7-9-13-26/h7-21,23,28,42H,22,24-25H2,1-6H3/t28-/m1/s1. The molecule has 0 saturated carbocycles. The molecule has 4 aromatic carbocycles. The van der Waals surface area contributed by atoms with Gasteiger partial charge >= 0.3 is 6.09 Å². The van der Waals surface area contributed by atoms with Crippen molar-refractivity contribution in [1.29, 1.82) is 0 Å². The van der Waals surface area contributed by atoms with Crippen LogP contribution >= 0.6 is 0 Å². The van der Waals surface area contributed by atoms with Gasteiger partial charge in [-0.05, 0) is 94.6 Å². The molecule has 1 saturated heterocycles. The lowest BCUT2D eigenvalue weighted by molar-refractivity contribution is -0.0623. The first-order valence-corrected chi connectivity index (χ1v) is 16.6. The summed E-state index contributed by atoms with van der Waals surface area (Å²) in [5.41, 5.74) is 5.18. The second kappa shape index (κ2) is 12.7. The van der Waals surface area contributed by atoms with Gasteiger partial charge in [0.25, 0.3) is 0 Å². The molecule has 0 unspecified atom stereocenters. The zero-order chi connectivity index (χ0) is 34.3. The molecule has 8 nitrogen and oxygen atoms in total. The van der Waals surface area contributed by atoms with Crippen molar-refractivity contribution in [3.8, 4) is 34.1 Å².